The molecule has 2 heterocycles. The minimum absolute atomic E-state index is 0.418. The molecule has 2 aromatic rings. The molecule has 1 aromatic carbocycles. The van der Waals surface area contributed by atoms with Crippen molar-refractivity contribution < 1.29 is 9.53 Å². The summed E-state index contributed by atoms with van der Waals surface area (Å²) in [7, 11) is 1.72. The third-order valence-corrected chi connectivity index (χ3v) is 4.75. The number of carbonyl (C=O) groups is 1. The summed E-state index contributed by atoms with van der Waals surface area (Å²) < 4.78 is 5.14. The number of primary amides is 1. The molecule has 1 saturated heterocycles. The second kappa shape index (κ2) is 7.80. The monoisotopic (exact) mass is 342 g/mol. The number of fused-ring (bicyclic) bond motifs is 1. The van der Waals surface area contributed by atoms with Gasteiger partial charge in [-0.05, 0) is 36.6 Å². The van der Waals surface area contributed by atoms with Crippen LogP contribution in [0.1, 0.15) is 23.7 Å². The number of amides is 1. The van der Waals surface area contributed by atoms with Gasteiger partial charge in [0.1, 0.15) is 0 Å². The van der Waals surface area contributed by atoms with Crippen molar-refractivity contribution in [1.82, 2.24) is 10.3 Å². The maximum Gasteiger partial charge on any atom is 0.250 e. The molecule has 0 radical (unpaired) electrons. The van der Waals surface area contributed by atoms with Crippen molar-refractivity contribution in [2.24, 2.45) is 11.7 Å². The number of hydrogen-bond acceptors (Lipinski definition) is 5. The highest BCUT2D eigenvalue weighted by Gasteiger charge is 2.26. The fourth-order valence-corrected chi connectivity index (χ4v) is 3.69. The Labute approximate surface area is 148 Å². The summed E-state index contributed by atoms with van der Waals surface area (Å²) in [6.07, 6.45) is 2.85. The number of rotatable bonds is 6. The molecule has 3 N–H and O–H groups in total. The van der Waals surface area contributed by atoms with Gasteiger partial charge >= 0.3 is 0 Å². The molecule has 6 nitrogen and oxygen atoms in total. The number of nitrogens with two attached hydrogens (primary N) is 1. The molecule has 0 aliphatic carbocycles. The summed E-state index contributed by atoms with van der Waals surface area (Å²) in [4.78, 5) is 18.5. The van der Waals surface area contributed by atoms with E-state index < -0.39 is 5.91 Å². The van der Waals surface area contributed by atoms with Crippen LogP contribution in [0.5, 0.6) is 0 Å². The average molecular weight is 342 g/mol. The number of ether oxygens (including phenoxy) is 1. The zero-order valence-corrected chi connectivity index (χ0v) is 14.9. The topological polar surface area (TPSA) is 80.5 Å². The van der Waals surface area contributed by atoms with E-state index in [1.165, 1.54) is 0 Å². The van der Waals surface area contributed by atoms with Gasteiger partial charge < -0.3 is 20.7 Å². The molecular formula is C19H26N4O2. The van der Waals surface area contributed by atoms with Gasteiger partial charge in [-0.25, -0.2) is 0 Å². The summed E-state index contributed by atoms with van der Waals surface area (Å²) in [6.45, 7) is 5.75. The van der Waals surface area contributed by atoms with E-state index >= 15 is 0 Å². The number of hydrogen-bond donors (Lipinski definition) is 2. The molecule has 1 aliphatic rings. The van der Waals surface area contributed by atoms with E-state index in [-0.39, 0.29) is 0 Å². The van der Waals surface area contributed by atoms with Gasteiger partial charge in [0.15, 0.2) is 0 Å². The third-order valence-electron chi connectivity index (χ3n) is 4.75. The Morgan fingerprint density at radius 3 is 3.00 bits per heavy atom. The number of benzene rings is 1. The van der Waals surface area contributed by atoms with Crippen LogP contribution in [0.25, 0.3) is 10.9 Å². The van der Waals surface area contributed by atoms with Gasteiger partial charge in [0.2, 0.25) is 0 Å². The van der Waals surface area contributed by atoms with Crippen molar-refractivity contribution in [3.05, 3.63) is 36.0 Å². The Hall–Kier alpha value is -2.18. The Morgan fingerprint density at radius 2 is 2.24 bits per heavy atom. The molecule has 0 bridgehead atoms. The number of pyridine rings is 1. The Morgan fingerprint density at radius 1 is 1.40 bits per heavy atom. The first-order valence-electron chi connectivity index (χ1n) is 8.75. The number of nitrogens with one attached hydrogen (secondary N) is 1. The standard InChI is InChI=1S/C19H26N4O2/c1-13-10-14(21-8-9-25-2)12-23(11-13)17-6-5-16(19(20)24)18-15(17)4-3-7-22-18/h3-7,13-14,21H,8-12H2,1-2H3,(H2,20,24)/t13-,14+/m0/s1. The lowest BCUT2D eigenvalue weighted by Gasteiger charge is -2.39. The number of carbonyl (C=O) groups excluding carboxylic acids is 1. The Bertz CT molecular complexity index is 749. The normalized spacial score (nSPS) is 20.8. The minimum atomic E-state index is -0.443. The molecule has 2 atom stereocenters. The minimum Gasteiger partial charge on any atom is -0.383 e. The van der Waals surface area contributed by atoms with E-state index in [2.05, 4.69) is 22.1 Å². The molecule has 1 aliphatic heterocycles. The van der Waals surface area contributed by atoms with Crippen LogP contribution >= 0.6 is 0 Å². The highest BCUT2D eigenvalue weighted by Crippen LogP contribution is 2.31. The number of piperidine rings is 1. The first-order chi connectivity index (χ1) is 12.1. The van der Waals surface area contributed by atoms with Crippen LogP contribution in [-0.4, -0.2) is 50.3 Å². The van der Waals surface area contributed by atoms with Crippen LogP contribution in [0, 0.1) is 5.92 Å². The third kappa shape index (κ3) is 3.91. The van der Waals surface area contributed by atoms with Gasteiger partial charge in [-0.2, -0.15) is 0 Å². The van der Waals surface area contributed by atoms with Crippen LogP contribution < -0.4 is 16.0 Å². The molecule has 25 heavy (non-hydrogen) atoms. The molecule has 0 unspecified atom stereocenters. The predicted octanol–water partition coefficient (Wildman–Crippen LogP) is 1.78. The molecule has 134 valence electrons. The van der Waals surface area contributed by atoms with Gasteiger partial charge in [-0.3, -0.25) is 9.78 Å². The molecule has 1 aromatic heterocycles. The first-order valence-corrected chi connectivity index (χ1v) is 8.75. The number of nitrogens with zero attached hydrogens (tertiary/aromatic N) is 2. The Balaban J connectivity index is 1.90. The molecule has 0 spiro atoms. The largest absolute Gasteiger partial charge is 0.383 e. The highest BCUT2D eigenvalue weighted by molar-refractivity contribution is 6.08. The van der Waals surface area contributed by atoms with E-state index in [4.69, 9.17) is 10.5 Å². The molecular weight excluding hydrogens is 316 g/mol. The fourth-order valence-electron chi connectivity index (χ4n) is 3.69. The van der Waals surface area contributed by atoms with Gasteiger partial charge in [-0.1, -0.05) is 6.92 Å². The quantitative estimate of drug-likeness (QED) is 0.782. The van der Waals surface area contributed by atoms with Crippen molar-refractivity contribution in [3.8, 4) is 0 Å². The maximum atomic E-state index is 11.7. The second-order valence-electron chi connectivity index (χ2n) is 6.79. The van der Waals surface area contributed by atoms with Crippen LogP contribution in [0.15, 0.2) is 30.5 Å². The van der Waals surface area contributed by atoms with E-state index in [0.717, 1.165) is 37.1 Å². The number of methoxy groups -OCH3 is 1. The second-order valence-corrected chi connectivity index (χ2v) is 6.79. The summed E-state index contributed by atoms with van der Waals surface area (Å²) in [6, 6.07) is 8.12. The zero-order chi connectivity index (χ0) is 17.8. The van der Waals surface area contributed by atoms with Crippen LogP contribution in [-0.2, 0) is 4.74 Å². The lowest BCUT2D eigenvalue weighted by Crippen LogP contribution is -2.49. The lowest BCUT2D eigenvalue weighted by molar-refractivity contribution is 0.100. The van der Waals surface area contributed by atoms with Crippen molar-refractivity contribution in [2.75, 3.05) is 38.3 Å². The SMILES string of the molecule is COCCN[C@@H]1C[C@H](C)CN(c2ccc(C(N)=O)c3ncccc23)C1. The lowest BCUT2D eigenvalue weighted by atomic mass is 9.94. The number of aromatic nitrogens is 1. The summed E-state index contributed by atoms with van der Waals surface area (Å²) >= 11 is 0. The fraction of sp³-hybridized carbons (Fsp3) is 0.474. The molecule has 1 amide bonds. The first kappa shape index (κ1) is 17.6. The number of anilines is 1. The Kier molecular flexibility index (Phi) is 5.50. The molecule has 3 rings (SSSR count). The van der Waals surface area contributed by atoms with Gasteiger partial charge in [0.05, 0.1) is 17.7 Å². The molecule has 6 heteroatoms. The van der Waals surface area contributed by atoms with Crippen molar-refractivity contribution in [2.45, 2.75) is 19.4 Å². The molecule has 1 fully saturated rings. The van der Waals surface area contributed by atoms with Gasteiger partial charge in [0, 0.05) is 50.1 Å². The van der Waals surface area contributed by atoms with Gasteiger partial charge in [-0.15, -0.1) is 0 Å². The van der Waals surface area contributed by atoms with E-state index in [1.807, 2.05) is 18.2 Å². The van der Waals surface area contributed by atoms with Crippen LogP contribution in [0.4, 0.5) is 5.69 Å². The molecule has 0 saturated carbocycles. The van der Waals surface area contributed by atoms with Crippen molar-refractivity contribution >= 4 is 22.5 Å². The summed E-state index contributed by atoms with van der Waals surface area (Å²) in [5.74, 6) is 0.137. The predicted molar refractivity (Wildman–Crippen MR) is 99.9 cm³/mol. The van der Waals surface area contributed by atoms with E-state index in [0.29, 0.717) is 29.6 Å². The van der Waals surface area contributed by atoms with Crippen LogP contribution in [0.2, 0.25) is 0 Å². The van der Waals surface area contributed by atoms with E-state index in [9.17, 15) is 4.79 Å². The smallest absolute Gasteiger partial charge is 0.250 e. The van der Waals surface area contributed by atoms with Gasteiger partial charge in [0.25, 0.3) is 5.91 Å². The van der Waals surface area contributed by atoms with Crippen molar-refractivity contribution in [1.29, 1.82) is 0 Å². The maximum absolute atomic E-state index is 11.7. The highest BCUT2D eigenvalue weighted by atomic mass is 16.5. The zero-order valence-electron chi connectivity index (χ0n) is 14.9. The summed E-state index contributed by atoms with van der Waals surface area (Å²) in [5.41, 5.74) is 7.76. The van der Waals surface area contributed by atoms with Crippen molar-refractivity contribution in [3.63, 3.8) is 0 Å². The summed E-state index contributed by atoms with van der Waals surface area (Å²) in [5, 5.41) is 4.55. The van der Waals surface area contributed by atoms with E-state index in [1.54, 1.807) is 19.4 Å². The average Bonchev–Trinajstić information content (AvgIpc) is 2.60. The van der Waals surface area contributed by atoms with Crippen LogP contribution in [0.3, 0.4) is 0 Å².